The molecule has 2 fully saturated rings. The maximum atomic E-state index is 12.6. The first-order chi connectivity index (χ1) is 14.3. The third-order valence-electron chi connectivity index (χ3n) is 9.37. The highest BCUT2D eigenvalue weighted by molar-refractivity contribution is 5.92. The lowest BCUT2D eigenvalue weighted by Crippen LogP contribution is -2.61. The van der Waals surface area contributed by atoms with Gasteiger partial charge in [-0.05, 0) is 51.0 Å². The first-order valence-corrected chi connectivity index (χ1v) is 11.1. The number of ketones is 1. The number of carbonyl (C=O) groups is 3. The Labute approximate surface area is 181 Å². The van der Waals surface area contributed by atoms with E-state index in [1.165, 1.54) is 0 Å². The monoisotopic (exact) mass is 432 g/mol. The minimum atomic E-state index is -1.39. The van der Waals surface area contributed by atoms with Crippen LogP contribution < -0.4 is 0 Å². The number of carboxylic acid groups (broad SMARTS) is 2. The van der Waals surface area contributed by atoms with Gasteiger partial charge in [-0.3, -0.25) is 14.4 Å². The Hall–Kier alpha value is -1.99. The van der Waals surface area contributed by atoms with Crippen LogP contribution in [0.25, 0.3) is 0 Å². The number of hydrogen-bond acceptors (Lipinski definition) is 5. The highest BCUT2D eigenvalue weighted by Gasteiger charge is 2.69. The average molecular weight is 433 g/mol. The Balaban J connectivity index is 1.88. The SMILES string of the molecule is CC1(C(=O)O)CC2=CC(=O)CC[C@]2(C)C2=CC(O)[C@@]3(C)[C@@H](CC[C@]3(O)CCC(=O)O)[C@@H]21. The molecule has 0 heterocycles. The molecular weight excluding hydrogens is 400 g/mol. The molecule has 0 spiro atoms. The van der Waals surface area contributed by atoms with Gasteiger partial charge in [0.25, 0.3) is 0 Å². The van der Waals surface area contributed by atoms with Crippen LogP contribution in [-0.2, 0) is 14.4 Å². The topological polar surface area (TPSA) is 132 Å². The third kappa shape index (κ3) is 2.82. The zero-order valence-electron chi connectivity index (χ0n) is 18.4. The largest absolute Gasteiger partial charge is 0.481 e. The molecule has 0 aromatic carbocycles. The van der Waals surface area contributed by atoms with Gasteiger partial charge in [-0.15, -0.1) is 0 Å². The van der Waals surface area contributed by atoms with Crippen LogP contribution in [0.3, 0.4) is 0 Å². The summed E-state index contributed by atoms with van der Waals surface area (Å²) in [6, 6.07) is 0. The lowest BCUT2D eigenvalue weighted by atomic mass is 9.44. The molecule has 2 saturated carbocycles. The highest BCUT2D eigenvalue weighted by Crippen LogP contribution is 2.69. The van der Waals surface area contributed by atoms with Crippen molar-refractivity contribution in [3.05, 3.63) is 23.3 Å². The van der Waals surface area contributed by atoms with Crippen LogP contribution in [0, 0.1) is 28.1 Å². The second-order valence-corrected chi connectivity index (χ2v) is 10.8. The second-order valence-electron chi connectivity index (χ2n) is 10.8. The molecule has 0 radical (unpaired) electrons. The maximum absolute atomic E-state index is 12.6. The molecule has 0 aliphatic heterocycles. The summed E-state index contributed by atoms with van der Waals surface area (Å²) >= 11 is 0. The Morgan fingerprint density at radius 2 is 1.84 bits per heavy atom. The van der Waals surface area contributed by atoms with E-state index in [0.29, 0.717) is 25.7 Å². The van der Waals surface area contributed by atoms with Gasteiger partial charge >= 0.3 is 11.9 Å². The summed E-state index contributed by atoms with van der Waals surface area (Å²) in [5, 5.41) is 42.3. The molecular formula is C24H32O7. The number of hydrogen-bond donors (Lipinski definition) is 4. The van der Waals surface area contributed by atoms with Gasteiger partial charge in [0.15, 0.2) is 5.78 Å². The summed E-state index contributed by atoms with van der Waals surface area (Å²) < 4.78 is 0. The molecule has 2 unspecified atom stereocenters. The van der Waals surface area contributed by atoms with Crippen molar-refractivity contribution in [2.45, 2.75) is 77.4 Å². The molecule has 0 aromatic rings. The van der Waals surface area contributed by atoms with Crippen molar-refractivity contribution in [3.63, 3.8) is 0 Å². The number of aliphatic hydroxyl groups is 2. The average Bonchev–Trinajstić information content (AvgIpc) is 2.95. The molecule has 0 aromatic heterocycles. The summed E-state index contributed by atoms with van der Waals surface area (Å²) in [6.07, 6.45) is 4.15. The Morgan fingerprint density at radius 3 is 2.45 bits per heavy atom. The molecule has 0 saturated heterocycles. The maximum Gasteiger partial charge on any atom is 0.310 e. The van der Waals surface area contributed by atoms with Crippen molar-refractivity contribution in [2.24, 2.45) is 28.1 Å². The van der Waals surface area contributed by atoms with E-state index < -0.39 is 45.8 Å². The zero-order chi connectivity index (χ0) is 23.0. The normalized spacial score (nSPS) is 46.4. The molecule has 4 N–H and O–H groups in total. The van der Waals surface area contributed by atoms with Gasteiger partial charge in [0.2, 0.25) is 0 Å². The van der Waals surface area contributed by atoms with E-state index >= 15 is 0 Å². The van der Waals surface area contributed by atoms with Crippen molar-refractivity contribution < 1.29 is 34.8 Å². The number of allylic oxidation sites excluding steroid dienone is 3. The molecule has 0 bridgehead atoms. The van der Waals surface area contributed by atoms with Gasteiger partial charge in [0, 0.05) is 29.6 Å². The number of rotatable bonds is 4. The number of aliphatic carboxylic acids is 2. The third-order valence-corrected chi connectivity index (χ3v) is 9.37. The summed E-state index contributed by atoms with van der Waals surface area (Å²) in [4.78, 5) is 35.9. The Kier molecular flexibility index (Phi) is 4.84. The van der Waals surface area contributed by atoms with Crippen molar-refractivity contribution in [2.75, 3.05) is 0 Å². The van der Waals surface area contributed by atoms with Crippen LogP contribution in [0.4, 0.5) is 0 Å². The summed E-state index contributed by atoms with van der Waals surface area (Å²) in [6.45, 7) is 5.53. The second kappa shape index (κ2) is 6.75. The molecule has 170 valence electrons. The first kappa shape index (κ1) is 22.2. The molecule has 4 aliphatic carbocycles. The van der Waals surface area contributed by atoms with E-state index in [0.717, 1.165) is 11.1 Å². The van der Waals surface area contributed by atoms with E-state index in [1.54, 1.807) is 26.0 Å². The molecule has 4 rings (SSSR count). The summed E-state index contributed by atoms with van der Waals surface area (Å²) in [7, 11) is 0. The summed E-state index contributed by atoms with van der Waals surface area (Å²) in [5.74, 6) is -2.68. The fourth-order valence-electron chi connectivity index (χ4n) is 7.25. The van der Waals surface area contributed by atoms with Crippen molar-refractivity contribution in [1.29, 1.82) is 0 Å². The molecule has 0 amide bonds. The van der Waals surface area contributed by atoms with Gasteiger partial charge in [0.1, 0.15) is 0 Å². The van der Waals surface area contributed by atoms with Crippen LogP contribution in [0.15, 0.2) is 23.3 Å². The predicted molar refractivity (Wildman–Crippen MR) is 111 cm³/mol. The van der Waals surface area contributed by atoms with E-state index in [2.05, 4.69) is 0 Å². The van der Waals surface area contributed by atoms with Crippen molar-refractivity contribution in [3.8, 4) is 0 Å². The van der Waals surface area contributed by atoms with E-state index in [9.17, 15) is 29.7 Å². The lowest BCUT2D eigenvalue weighted by molar-refractivity contribution is -0.169. The Bertz CT molecular complexity index is 919. The first-order valence-electron chi connectivity index (χ1n) is 11.1. The Morgan fingerprint density at radius 1 is 1.16 bits per heavy atom. The zero-order valence-corrected chi connectivity index (χ0v) is 18.4. The van der Waals surface area contributed by atoms with Crippen LogP contribution in [0.2, 0.25) is 0 Å². The van der Waals surface area contributed by atoms with Gasteiger partial charge in [-0.25, -0.2) is 0 Å². The highest BCUT2D eigenvalue weighted by atomic mass is 16.4. The minimum absolute atomic E-state index is 0.00405. The van der Waals surface area contributed by atoms with Crippen LogP contribution in [0.5, 0.6) is 0 Å². The quantitative estimate of drug-likeness (QED) is 0.502. The van der Waals surface area contributed by atoms with Crippen molar-refractivity contribution >= 4 is 17.7 Å². The molecule has 7 nitrogen and oxygen atoms in total. The van der Waals surface area contributed by atoms with Crippen LogP contribution in [0.1, 0.15) is 65.7 Å². The number of aliphatic hydroxyl groups excluding tert-OH is 1. The number of fused-ring (bicyclic) bond motifs is 5. The van der Waals surface area contributed by atoms with Crippen molar-refractivity contribution in [1.82, 2.24) is 0 Å². The van der Waals surface area contributed by atoms with Crippen LogP contribution in [-0.4, -0.2) is 49.9 Å². The van der Waals surface area contributed by atoms with Crippen LogP contribution >= 0.6 is 0 Å². The minimum Gasteiger partial charge on any atom is -0.481 e. The molecule has 31 heavy (non-hydrogen) atoms. The van der Waals surface area contributed by atoms with E-state index in [1.807, 2.05) is 6.92 Å². The van der Waals surface area contributed by atoms with Gasteiger partial charge < -0.3 is 20.4 Å². The fourth-order valence-corrected chi connectivity index (χ4v) is 7.25. The number of carbonyl (C=O) groups excluding carboxylic acids is 1. The fraction of sp³-hybridized carbons (Fsp3) is 0.708. The van der Waals surface area contributed by atoms with Gasteiger partial charge in [-0.1, -0.05) is 31.1 Å². The molecule has 7 heteroatoms. The standard InChI is InChI=1S/C24H32O7/c1-21-7-4-14(25)10-13(21)12-22(2,20(29)30)19-15-5-8-24(31,9-6-18(27)28)23(15,3)17(26)11-16(19)21/h10-11,15,17,19,26,31H,4-9,12H2,1-3H3,(H,27,28)(H,29,30)/t15-,17?,19-,21-,22?,23+,24-/m0/s1. The van der Waals surface area contributed by atoms with Gasteiger partial charge in [0.05, 0.1) is 17.1 Å². The molecule has 4 aliphatic rings. The van der Waals surface area contributed by atoms with E-state index in [4.69, 9.17) is 5.11 Å². The lowest BCUT2D eigenvalue weighted by Gasteiger charge is -2.60. The number of carboxylic acids is 2. The van der Waals surface area contributed by atoms with Gasteiger partial charge in [-0.2, -0.15) is 0 Å². The predicted octanol–water partition coefficient (Wildman–Crippen LogP) is 2.71. The molecule has 7 atom stereocenters. The summed E-state index contributed by atoms with van der Waals surface area (Å²) in [5.41, 5.74) is -2.44. The smallest absolute Gasteiger partial charge is 0.310 e. The van der Waals surface area contributed by atoms with E-state index in [-0.39, 0.29) is 31.0 Å².